The molecule has 0 bridgehead atoms. The maximum atomic E-state index is 13.7. The smallest absolute Gasteiger partial charge is 0.229 e. The van der Waals surface area contributed by atoms with Crippen molar-refractivity contribution in [3.63, 3.8) is 0 Å². The lowest BCUT2D eigenvalue weighted by Crippen LogP contribution is -2.60. The second-order valence-corrected chi connectivity index (χ2v) is 12.7. The molecule has 2 aliphatic rings. The van der Waals surface area contributed by atoms with Gasteiger partial charge in [-0.05, 0) is 36.2 Å². The summed E-state index contributed by atoms with van der Waals surface area (Å²) < 4.78 is 17.2. The van der Waals surface area contributed by atoms with Crippen molar-refractivity contribution in [2.75, 3.05) is 6.61 Å². The van der Waals surface area contributed by atoms with Crippen LogP contribution in [0.5, 0.6) is 57.5 Å². The number of phenols is 8. The molecule has 2 aliphatic heterocycles. The summed E-state index contributed by atoms with van der Waals surface area (Å²) in [5, 5.41) is 138. The minimum Gasteiger partial charge on any atom is -0.508 e. The third-order valence-electron chi connectivity index (χ3n) is 9.28. The number of ether oxygens (including phenoxy) is 3. The molecule has 17 heteroatoms. The topological polar surface area (TPSA) is 308 Å². The summed E-state index contributed by atoms with van der Waals surface area (Å²) in [5.74, 6) is -9.14. The van der Waals surface area contributed by atoms with Gasteiger partial charge in [-0.2, -0.15) is 0 Å². The summed E-state index contributed by atoms with van der Waals surface area (Å²) in [7, 11) is 0. The van der Waals surface area contributed by atoms with Crippen molar-refractivity contribution >= 4 is 5.78 Å². The highest BCUT2D eigenvalue weighted by molar-refractivity contribution is 6.02. The third-order valence-corrected chi connectivity index (χ3v) is 9.28. The van der Waals surface area contributed by atoms with E-state index in [2.05, 4.69) is 0 Å². The van der Waals surface area contributed by atoms with Crippen LogP contribution in [-0.4, -0.2) is 116 Å². The molecule has 1 saturated heterocycles. The Hall–Kier alpha value is -5.69. The van der Waals surface area contributed by atoms with Gasteiger partial charge in [0.1, 0.15) is 76.3 Å². The summed E-state index contributed by atoms with van der Waals surface area (Å²) in [6, 6.07) is 10.5. The lowest BCUT2D eigenvalue weighted by atomic mass is 9.78. The highest BCUT2D eigenvalue weighted by atomic mass is 16.7. The summed E-state index contributed by atoms with van der Waals surface area (Å²) >= 11 is 0. The minimum absolute atomic E-state index is 0.0158. The summed E-state index contributed by atoms with van der Waals surface area (Å²) in [6.07, 6.45) is -13.0. The van der Waals surface area contributed by atoms with Crippen LogP contribution in [0, 0.1) is 0 Å². The number of benzene rings is 4. The molecule has 282 valence electrons. The molecule has 1 fully saturated rings. The Morgan fingerprint density at radius 3 is 1.98 bits per heavy atom. The van der Waals surface area contributed by atoms with E-state index < -0.39 is 118 Å². The van der Waals surface area contributed by atoms with Crippen LogP contribution in [0.2, 0.25) is 0 Å². The maximum absolute atomic E-state index is 13.7. The Labute approximate surface area is 299 Å². The molecule has 6 rings (SSSR count). The zero-order valence-electron chi connectivity index (χ0n) is 27.4. The van der Waals surface area contributed by atoms with Crippen molar-refractivity contribution in [1.29, 1.82) is 0 Å². The zero-order chi connectivity index (χ0) is 38.5. The van der Waals surface area contributed by atoms with Crippen molar-refractivity contribution in [1.82, 2.24) is 0 Å². The molecular formula is C36H36O17. The number of fused-ring (bicyclic) bond motifs is 1. The number of aryl methyl sites for hydroxylation is 1. The quantitative estimate of drug-likeness (QED) is 0.0839. The first-order valence-corrected chi connectivity index (χ1v) is 16.1. The number of phenolic OH excluding ortho intramolecular Hbond substituents is 8. The molecule has 0 spiro atoms. The average Bonchev–Trinajstić information content (AvgIpc) is 3.10. The Morgan fingerprint density at radius 2 is 1.34 bits per heavy atom. The second kappa shape index (κ2) is 14.4. The van der Waals surface area contributed by atoms with Crippen LogP contribution in [0.4, 0.5) is 0 Å². The van der Waals surface area contributed by atoms with Gasteiger partial charge in [-0.3, -0.25) is 4.79 Å². The molecule has 13 N–H and O–H groups in total. The van der Waals surface area contributed by atoms with E-state index in [9.17, 15) is 71.2 Å². The van der Waals surface area contributed by atoms with Crippen LogP contribution < -0.4 is 9.47 Å². The molecule has 4 aromatic carbocycles. The standard InChI is InChI=1S/C36H36O17/c37-12-24-30(46)33(49)34(50)36(53-24)52-23-11-19(42)25(17(40)6-3-13-1-4-15(38)5-2-13)31(47)27(23)28-26-18(41)9-16(39)10-22(26)51-35(32(28)48)14-7-20(43)29(45)21(44)8-14/h1-2,4-5,7-11,24,28,30,32-39,41-50H,3,6,12H2/t24-,28-,30-,32-,33+,34-,35-,36-/m1/s1. The third kappa shape index (κ3) is 6.84. The Kier molecular flexibility index (Phi) is 10.1. The molecule has 0 saturated carbocycles. The number of aliphatic hydroxyl groups excluding tert-OH is 5. The highest BCUT2D eigenvalue weighted by Crippen LogP contribution is 2.56. The second-order valence-electron chi connectivity index (χ2n) is 12.7. The van der Waals surface area contributed by atoms with Crippen molar-refractivity contribution in [2.24, 2.45) is 0 Å². The van der Waals surface area contributed by atoms with Gasteiger partial charge in [0.15, 0.2) is 29.1 Å². The first kappa shape index (κ1) is 37.1. The zero-order valence-corrected chi connectivity index (χ0v) is 27.4. The fraction of sp³-hybridized carbons (Fsp3) is 0.306. The van der Waals surface area contributed by atoms with Crippen molar-refractivity contribution in [3.05, 3.63) is 82.4 Å². The van der Waals surface area contributed by atoms with Crippen molar-refractivity contribution in [2.45, 2.75) is 61.7 Å². The molecule has 2 heterocycles. The number of ketones is 1. The van der Waals surface area contributed by atoms with Gasteiger partial charge in [0.05, 0.1) is 12.5 Å². The molecule has 0 aromatic heterocycles. The van der Waals surface area contributed by atoms with E-state index >= 15 is 0 Å². The molecule has 0 unspecified atom stereocenters. The van der Waals surface area contributed by atoms with Gasteiger partial charge in [0.25, 0.3) is 0 Å². The molecular weight excluding hydrogens is 704 g/mol. The predicted octanol–water partition coefficient (Wildman–Crippen LogP) is 0.952. The normalized spacial score (nSPS) is 25.3. The number of rotatable bonds is 9. The van der Waals surface area contributed by atoms with Crippen molar-refractivity contribution in [3.8, 4) is 57.5 Å². The van der Waals surface area contributed by atoms with Gasteiger partial charge in [0, 0.05) is 41.3 Å². The van der Waals surface area contributed by atoms with Crippen LogP contribution in [0.25, 0.3) is 0 Å². The van der Waals surface area contributed by atoms with Crippen molar-refractivity contribution < 1.29 is 85.4 Å². The van der Waals surface area contributed by atoms with E-state index in [-0.39, 0.29) is 35.5 Å². The van der Waals surface area contributed by atoms with E-state index in [1.165, 1.54) is 12.1 Å². The van der Waals surface area contributed by atoms with E-state index in [1.807, 2.05) is 0 Å². The first-order valence-electron chi connectivity index (χ1n) is 16.1. The fourth-order valence-electron chi connectivity index (χ4n) is 6.58. The molecule has 0 aliphatic carbocycles. The first-order chi connectivity index (χ1) is 25.1. The van der Waals surface area contributed by atoms with E-state index in [0.717, 1.165) is 30.3 Å². The number of carbonyl (C=O) groups excluding carboxylic acids is 1. The average molecular weight is 741 g/mol. The highest BCUT2D eigenvalue weighted by Gasteiger charge is 2.48. The molecule has 8 atom stereocenters. The van der Waals surface area contributed by atoms with Gasteiger partial charge in [-0.15, -0.1) is 0 Å². The van der Waals surface area contributed by atoms with Gasteiger partial charge in [0.2, 0.25) is 6.29 Å². The summed E-state index contributed by atoms with van der Waals surface area (Å²) in [4.78, 5) is 13.7. The molecule has 0 radical (unpaired) electrons. The molecule has 0 amide bonds. The van der Waals surface area contributed by atoms with Crippen LogP contribution in [0.15, 0.2) is 54.6 Å². The summed E-state index contributed by atoms with van der Waals surface area (Å²) in [5.41, 5.74) is -1.07. The molecule has 4 aromatic rings. The molecule has 17 nitrogen and oxygen atoms in total. The van der Waals surface area contributed by atoms with Crippen LogP contribution >= 0.6 is 0 Å². The van der Waals surface area contributed by atoms with E-state index in [0.29, 0.717) is 5.56 Å². The lowest BCUT2D eigenvalue weighted by molar-refractivity contribution is -0.277. The van der Waals surface area contributed by atoms with Gasteiger partial charge in [-0.25, -0.2) is 0 Å². The Balaban J connectivity index is 1.54. The maximum Gasteiger partial charge on any atom is 0.229 e. The number of hydrogen-bond acceptors (Lipinski definition) is 17. The fourth-order valence-corrected chi connectivity index (χ4v) is 6.58. The van der Waals surface area contributed by atoms with Crippen LogP contribution in [0.3, 0.4) is 0 Å². The Bertz CT molecular complexity index is 1990. The van der Waals surface area contributed by atoms with Gasteiger partial charge < -0.3 is 80.6 Å². The summed E-state index contributed by atoms with van der Waals surface area (Å²) in [6.45, 7) is -0.847. The lowest BCUT2D eigenvalue weighted by Gasteiger charge is -2.41. The van der Waals surface area contributed by atoms with E-state index in [1.54, 1.807) is 12.1 Å². The van der Waals surface area contributed by atoms with Crippen LogP contribution in [-0.2, 0) is 11.2 Å². The number of aromatic hydroxyl groups is 8. The Morgan fingerprint density at radius 1 is 0.679 bits per heavy atom. The number of carbonyl (C=O) groups is 1. The number of hydrogen-bond donors (Lipinski definition) is 13. The largest absolute Gasteiger partial charge is 0.508 e. The monoisotopic (exact) mass is 740 g/mol. The van der Waals surface area contributed by atoms with E-state index in [4.69, 9.17) is 14.2 Å². The van der Waals surface area contributed by atoms with Gasteiger partial charge in [-0.1, -0.05) is 12.1 Å². The SMILES string of the molecule is O=C(CCc1ccc(O)cc1)c1c(O)cc(O[C@@H]2O[C@H](CO)[C@@H](O)[C@H](O)[C@H]2O)c([C@H]2c3c(O)cc(O)cc3O[C@H](c3cc(O)c(O)c(O)c3)[C@@H]2O)c1O. The minimum atomic E-state index is -2.01. The number of aliphatic hydroxyl groups is 5. The number of Topliss-reactive ketones (excluding diaryl/α,β-unsaturated/α-hetero) is 1. The predicted molar refractivity (Wildman–Crippen MR) is 177 cm³/mol. The van der Waals surface area contributed by atoms with Gasteiger partial charge >= 0.3 is 0 Å². The molecule has 53 heavy (non-hydrogen) atoms. The van der Waals surface area contributed by atoms with Crippen LogP contribution in [0.1, 0.15) is 51.1 Å².